The summed E-state index contributed by atoms with van der Waals surface area (Å²) in [5.74, 6) is -0.812. The van der Waals surface area contributed by atoms with Crippen LogP contribution < -0.4 is 0 Å². The van der Waals surface area contributed by atoms with Gasteiger partial charge in [0.2, 0.25) is 0 Å². The van der Waals surface area contributed by atoms with E-state index in [1.807, 2.05) is 24.3 Å². The van der Waals surface area contributed by atoms with Gasteiger partial charge in [0, 0.05) is 17.9 Å². The largest absolute Gasteiger partial charge is 0.481 e. The van der Waals surface area contributed by atoms with Gasteiger partial charge in [-0.25, -0.2) is 0 Å². The number of rotatable bonds is 5. The third-order valence-electron chi connectivity index (χ3n) is 2.84. The minimum absolute atomic E-state index is 0.104. The highest BCUT2D eigenvalue weighted by molar-refractivity contribution is 6.31. The molecule has 0 saturated carbocycles. The lowest BCUT2D eigenvalue weighted by molar-refractivity contribution is -0.137. The minimum atomic E-state index is -0.812. The number of benzene rings is 1. The molecule has 1 heterocycles. The molecule has 1 aromatic rings. The van der Waals surface area contributed by atoms with Crippen molar-refractivity contribution in [2.24, 2.45) is 0 Å². The quantitative estimate of drug-likeness (QED) is 0.893. The lowest BCUT2D eigenvalue weighted by atomic mass is 10.1. The molecule has 0 spiro atoms. The van der Waals surface area contributed by atoms with Gasteiger partial charge >= 0.3 is 5.97 Å². The molecule has 4 nitrogen and oxygen atoms in total. The Balaban J connectivity index is 1.83. The summed E-state index contributed by atoms with van der Waals surface area (Å²) in [7, 11) is 0. The standard InChI is InChI=1S/C13H15ClO4/c14-11-4-2-1-3-9(11)7-13-17-8-10(18-13)5-6-12(15)16/h1-4,10,13H,5-8H2,(H,15,16). The van der Waals surface area contributed by atoms with Crippen molar-refractivity contribution >= 4 is 17.6 Å². The number of carboxylic acids is 1. The van der Waals surface area contributed by atoms with Gasteiger partial charge in [0.1, 0.15) is 0 Å². The number of carboxylic acid groups (broad SMARTS) is 1. The van der Waals surface area contributed by atoms with E-state index in [1.54, 1.807) is 0 Å². The zero-order chi connectivity index (χ0) is 13.0. The summed E-state index contributed by atoms with van der Waals surface area (Å²) in [4.78, 5) is 10.5. The van der Waals surface area contributed by atoms with Crippen LogP contribution in [0.15, 0.2) is 24.3 Å². The second-order valence-electron chi connectivity index (χ2n) is 4.25. The van der Waals surface area contributed by atoms with Crippen molar-refractivity contribution < 1.29 is 19.4 Å². The smallest absolute Gasteiger partial charge is 0.303 e. The Morgan fingerprint density at radius 3 is 2.94 bits per heavy atom. The van der Waals surface area contributed by atoms with Gasteiger partial charge in [-0.15, -0.1) is 0 Å². The van der Waals surface area contributed by atoms with Crippen LogP contribution in [0.5, 0.6) is 0 Å². The van der Waals surface area contributed by atoms with Crippen LogP contribution in [0, 0.1) is 0 Å². The first-order valence-corrected chi connectivity index (χ1v) is 6.25. The van der Waals surface area contributed by atoms with Crippen LogP contribution in [0.2, 0.25) is 5.02 Å². The molecule has 0 radical (unpaired) electrons. The maximum Gasteiger partial charge on any atom is 0.303 e. The van der Waals surface area contributed by atoms with Crippen LogP contribution in [-0.4, -0.2) is 30.1 Å². The van der Waals surface area contributed by atoms with Gasteiger partial charge in [0.25, 0.3) is 0 Å². The molecule has 0 aromatic heterocycles. The average molecular weight is 271 g/mol. The molecule has 1 aliphatic heterocycles. The topological polar surface area (TPSA) is 55.8 Å². The lowest BCUT2D eigenvalue weighted by Gasteiger charge is -2.11. The molecule has 0 bridgehead atoms. The molecular weight excluding hydrogens is 256 g/mol. The molecule has 1 aliphatic rings. The predicted molar refractivity (Wildman–Crippen MR) is 66.6 cm³/mol. The van der Waals surface area contributed by atoms with Crippen molar-refractivity contribution in [3.8, 4) is 0 Å². The second kappa shape index (κ2) is 6.18. The highest BCUT2D eigenvalue weighted by Gasteiger charge is 2.26. The fourth-order valence-corrected chi connectivity index (χ4v) is 2.11. The van der Waals surface area contributed by atoms with Crippen molar-refractivity contribution in [2.75, 3.05) is 6.61 Å². The Morgan fingerprint density at radius 2 is 2.22 bits per heavy atom. The summed E-state index contributed by atoms with van der Waals surface area (Å²) in [5, 5.41) is 9.29. The summed E-state index contributed by atoms with van der Waals surface area (Å²) in [6, 6.07) is 7.54. The molecule has 1 N–H and O–H groups in total. The zero-order valence-electron chi connectivity index (χ0n) is 9.84. The number of hydrogen-bond donors (Lipinski definition) is 1. The maximum absolute atomic E-state index is 10.5. The Morgan fingerprint density at radius 1 is 1.44 bits per heavy atom. The molecule has 0 amide bonds. The van der Waals surface area contributed by atoms with Gasteiger partial charge in [-0.3, -0.25) is 4.79 Å². The van der Waals surface area contributed by atoms with Gasteiger partial charge in [0.15, 0.2) is 6.29 Å². The molecular formula is C13H15ClO4. The summed E-state index contributed by atoms with van der Waals surface area (Å²) in [6.45, 7) is 0.447. The molecule has 0 aliphatic carbocycles. The fraction of sp³-hybridized carbons (Fsp3) is 0.462. The molecule has 2 rings (SSSR count). The summed E-state index contributed by atoms with van der Waals surface area (Å²) >= 11 is 6.05. The van der Waals surface area contributed by atoms with Crippen LogP contribution >= 0.6 is 11.6 Å². The first kappa shape index (κ1) is 13.3. The predicted octanol–water partition coefficient (Wildman–Crippen LogP) is 2.49. The number of aliphatic carboxylic acids is 1. The normalized spacial score (nSPS) is 23.2. The van der Waals surface area contributed by atoms with Gasteiger partial charge < -0.3 is 14.6 Å². The van der Waals surface area contributed by atoms with Crippen LogP contribution in [-0.2, 0) is 20.7 Å². The molecule has 18 heavy (non-hydrogen) atoms. The Bertz CT molecular complexity index is 421. The van der Waals surface area contributed by atoms with Gasteiger partial charge in [-0.1, -0.05) is 29.8 Å². The van der Waals surface area contributed by atoms with E-state index in [4.69, 9.17) is 26.2 Å². The van der Waals surface area contributed by atoms with Crippen LogP contribution in [0.4, 0.5) is 0 Å². The van der Waals surface area contributed by atoms with Crippen LogP contribution in [0.3, 0.4) is 0 Å². The third-order valence-corrected chi connectivity index (χ3v) is 3.21. The SMILES string of the molecule is O=C(O)CCC1COC(Cc2ccccc2Cl)O1. The fourth-order valence-electron chi connectivity index (χ4n) is 1.89. The van der Waals surface area contributed by atoms with Crippen LogP contribution in [0.25, 0.3) is 0 Å². The highest BCUT2D eigenvalue weighted by atomic mass is 35.5. The first-order chi connectivity index (χ1) is 8.65. The van der Waals surface area contributed by atoms with Crippen molar-refractivity contribution in [3.63, 3.8) is 0 Å². The number of carbonyl (C=O) groups is 1. The molecule has 1 fully saturated rings. The molecule has 2 atom stereocenters. The van der Waals surface area contributed by atoms with Crippen molar-refractivity contribution in [2.45, 2.75) is 31.7 Å². The van der Waals surface area contributed by atoms with E-state index in [-0.39, 0.29) is 18.8 Å². The molecule has 2 unspecified atom stereocenters. The minimum Gasteiger partial charge on any atom is -0.481 e. The zero-order valence-corrected chi connectivity index (χ0v) is 10.6. The molecule has 1 aromatic carbocycles. The van der Waals surface area contributed by atoms with Crippen LogP contribution in [0.1, 0.15) is 18.4 Å². The van der Waals surface area contributed by atoms with E-state index in [9.17, 15) is 4.79 Å². The van der Waals surface area contributed by atoms with E-state index in [0.29, 0.717) is 24.5 Å². The number of halogens is 1. The summed E-state index contributed by atoms with van der Waals surface area (Å²) in [6.07, 6.45) is 0.710. The summed E-state index contributed by atoms with van der Waals surface area (Å²) in [5.41, 5.74) is 0.975. The van der Waals surface area contributed by atoms with Gasteiger partial charge in [-0.05, 0) is 18.1 Å². The number of ether oxygens (including phenoxy) is 2. The Labute approximate surface area is 110 Å². The van der Waals surface area contributed by atoms with E-state index in [0.717, 1.165) is 5.56 Å². The lowest BCUT2D eigenvalue weighted by Crippen LogP contribution is -2.15. The van der Waals surface area contributed by atoms with E-state index in [2.05, 4.69) is 0 Å². The van der Waals surface area contributed by atoms with Gasteiger partial charge in [0.05, 0.1) is 12.7 Å². The average Bonchev–Trinajstić information content (AvgIpc) is 2.77. The first-order valence-electron chi connectivity index (χ1n) is 5.87. The van der Waals surface area contributed by atoms with Crippen molar-refractivity contribution in [1.82, 2.24) is 0 Å². The molecule has 1 saturated heterocycles. The Hall–Kier alpha value is -1.10. The summed E-state index contributed by atoms with van der Waals surface area (Å²) < 4.78 is 11.1. The van der Waals surface area contributed by atoms with E-state index < -0.39 is 5.97 Å². The molecule has 98 valence electrons. The third kappa shape index (κ3) is 3.70. The van der Waals surface area contributed by atoms with Crippen molar-refractivity contribution in [3.05, 3.63) is 34.9 Å². The second-order valence-corrected chi connectivity index (χ2v) is 4.66. The monoisotopic (exact) mass is 270 g/mol. The van der Waals surface area contributed by atoms with E-state index in [1.165, 1.54) is 0 Å². The molecule has 5 heteroatoms. The Kier molecular flexibility index (Phi) is 4.58. The number of hydrogen-bond acceptors (Lipinski definition) is 3. The highest BCUT2D eigenvalue weighted by Crippen LogP contribution is 2.23. The van der Waals surface area contributed by atoms with E-state index >= 15 is 0 Å². The van der Waals surface area contributed by atoms with Crippen molar-refractivity contribution in [1.29, 1.82) is 0 Å². The maximum atomic E-state index is 10.5. The van der Waals surface area contributed by atoms with Gasteiger partial charge in [-0.2, -0.15) is 0 Å².